The molecule has 7 nitrogen and oxygen atoms in total. The van der Waals surface area contributed by atoms with Crippen molar-refractivity contribution >= 4 is 35.1 Å². The quantitative estimate of drug-likeness (QED) is 0.730. The Balaban J connectivity index is 1.73. The van der Waals surface area contributed by atoms with Crippen LogP contribution in [0.4, 0.5) is 24.8 Å². The van der Waals surface area contributed by atoms with Crippen molar-refractivity contribution in [2.75, 3.05) is 16.8 Å². The second kappa shape index (κ2) is 9.09. The van der Waals surface area contributed by atoms with Crippen molar-refractivity contribution in [1.29, 1.82) is 0 Å². The molecule has 31 heavy (non-hydrogen) atoms. The summed E-state index contributed by atoms with van der Waals surface area (Å²) in [6.07, 6.45) is -0.972. The van der Waals surface area contributed by atoms with Crippen LogP contribution in [-0.4, -0.2) is 40.4 Å². The van der Waals surface area contributed by atoms with Gasteiger partial charge in [0.25, 0.3) is 5.91 Å². The largest absolute Gasteiger partial charge is 0.417 e. The number of hydrogen-bond donors (Lipinski definition) is 2. The second-order valence-electron chi connectivity index (χ2n) is 7.39. The van der Waals surface area contributed by atoms with E-state index in [0.717, 1.165) is 12.3 Å². The van der Waals surface area contributed by atoms with E-state index in [4.69, 9.17) is 11.6 Å². The van der Waals surface area contributed by atoms with E-state index in [9.17, 15) is 22.8 Å². The molecule has 2 unspecified atom stereocenters. The van der Waals surface area contributed by atoms with Crippen molar-refractivity contribution in [3.05, 3.63) is 46.7 Å². The normalized spacial score (nSPS) is 19.1. The predicted octanol–water partition coefficient (Wildman–Crippen LogP) is 3.89. The Bertz CT molecular complexity index is 986. The van der Waals surface area contributed by atoms with E-state index in [1.807, 2.05) is 6.92 Å². The van der Waals surface area contributed by atoms with Gasteiger partial charge in [-0.2, -0.15) is 13.2 Å². The first-order valence-corrected chi connectivity index (χ1v) is 9.96. The number of anilines is 2. The SMILES string of the molecule is CC(=O)Nc1cc(C(=O)NC2CCC(C)N(c3ncc(C(F)(F)F)cc3Cl)C2)ccn1. The Kier molecular flexibility index (Phi) is 6.68. The molecule has 0 radical (unpaired) electrons. The van der Waals surface area contributed by atoms with Gasteiger partial charge in [0.15, 0.2) is 0 Å². The van der Waals surface area contributed by atoms with Crippen LogP contribution in [0.25, 0.3) is 0 Å². The topological polar surface area (TPSA) is 87.2 Å². The van der Waals surface area contributed by atoms with Gasteiger partial charge in [0.1, 0.15) is 11.6 Å². The summed E-state index contributed by atoms with van der Waals surface area (Å²) in [5, 5.41) is 5.34. The summed E-state index contributed by atoms with van der Waals surface area (Å²) in [5.74, 6) is -0.138. The van der Waals surface area contributed by atoms with E-state index < -0.39 is 11.7 Å². The number of nitrogens with zero attached hydrogens (tertiary/aromatic N) is 3. The van der Waals surface area contributed by atoms with Gasteiger partial charge in [0, 0.05) is 43.5 Å². The van der Waals surface area contributed by atoms with E-state index in [0.29, 0.717) is 24.9 Å². The molecular weight excluding hydrogens is 435 g/mol. The van der Waals surface area contributed by atoms with Crippen molar-refractivity contribution in [1.82, 2.24) is 15.3 Å². The predicted molar refractivity (Wildman–Crippen MR) is 110 cm³/mol. The van der Waals surface area contributed by atoms with E-state index in [-0.39, 0.29) is 40.6 Å². The first-order chi connectivity index (χ1) is 14.5. The molecule has 3 heterocycles. The van der Waals surface area contributed by atoms with Gasteiger partial charge in [-0.1, -0.05) is 11.6 Å². The molecule has 0 aliphatic carbocycles. The average molecular weight is 456 g/mol. The summed E-state index contributed by atoms with van der Waals surface area (Å²) >= 11 is 6.11. The Labute approximate surface area is 182 Å². The van der Waals surface area contributed by atoms with Crippen LogP contribution in [0.5, 0.6) is 0 Å². The molecule has 2 aromatic heterocycles. The maximum absolute atomic E-state index is 12.9. The third-order valence-corrected chi connectivity index (χ3v) is 5.24. The zero-order chi connectivity index (χ0) is 22.8. The summed E-state index contributed by atoms with van der Waals surface area (Å²) in [5.41, 5.74) is -0.585. The lowest BCUT2D eigenvalue weighted by Crippen LogP contribution is -2.51. The molecule has 2 N–H and O–H groups in total. The van der Waals surface area contributed by atoms with Crippen LogP contribution in [0.15, 0.2) is 30.6 Å². The minimum atomic E-state index is -4.53. The second-order valence-corrected chi connectivity index (χ2v) is 7.79. The Morgan fingerprint density at radius 2 is 1.97 bits per heavy atom. The Morgan fingerprint density at radius 1 is 1.23 bits per heavy atom. The van der Waals surface area contributed by atoms with E-state index in [2.05, 4.69) is 20.6 Å². The number of carbonyl (C=O) groups is 2. The number of rotatable bonds is 4. The minimum absolute atomic E-state index is 0.0119. The smallest absolute Gasteiger partial charge is 0.351 e. The number of aromatic nitrogens is 2. The molecule has 1 aliphatic heterocycles. The highest BCUT2D eigenvalue weighted by Crippen LogP contribution is 2.35. The maximum Gasteiger partial charge on any atom is 0.417 e. The molecule has 2 atom stereocenters. The molecule has 1 fully saturated rings. The molecule has 1 saturated heterocycles. The fraction of sp³-hybridized carbons (Fsp3) is 0.400. The van der Waals surface area contributed by atoms with Gasteiger partial charge in [0.05, 0.1) is 10.6 Å². The molecule has 2 aromatic rings. The first kappa shape index (κ1) is 22.8. The fourth-order valence-electron chi connectivity index (χ4n) is 3.41. The number of pyridine rings is 2. The van der Waals surface area contributed by atoms with Crippen molar-refractivity contribution in [3.63, 3.8) is 0 Å². The number of amides is 2. The fourth-order valence-corrected chi connectivity index (χ4v) is 3.68. The van der Waals surface area contributed by atoms with Crippen LogP contribution in [-0.2, 0) is 11.0 Å². The lowest BCUT2D eigenvalue weighted by atomic mass is 9.99. The number of piperidine rings is 1. The van der Waals surface area contributed by atoms with Crippen LogP contribution < -0.4 is 15.5 Å². The van der Waals surface area contributed by atoms with Crippen LogP contribution >= 0.6 is 11.6 Å². The third kappa shape index (κ3) is 5.63. The van der Waals surface area contributed by atoms with E-state index in [1.165, 1.54) is 25.3 Å². The van der Waals surface area contributed by atoms with Crippen LogP contribution in [0.2, 0.25) is 5.02 Å². The number of halogens is 4. The molecular formula is C20H21ClF3N5O2. The van der Waals surface area contributed by atoms with Crippen molar-refractivity contribution < 1.29 is 22.8 Å². The molecule has 0 saturated carbocycles. The summed E-state index contributed by atoms with van der Waals surface area (Å²) in [7, 11) is 0. The zero-order valence-corrected chi connectivity index (χ0v) is 17.6. The first-order valence-electron chi connectivity index (χ1n) is 9.58. The molecule has 3 rings (SSSR count). The monoisotopic (exact) mass is 455 g/mol. The molecule has 1 aliphatic rings. The highest BCUT2D eigenvalue weighted by molar-refractivity contribution is 6.33. The number of hydrogen-bond acceptors (Lipinski definition) is 5. The number of alkyl halides is 3. The lowest BCUT2D eigenvalue weighted by molar-refractivity contribution is -0.137. The van der Waals surface area contributed by atoms with E-state index in [1.54, 1.807) is 4.90 Å². The highest BCUT2D eigenvalue weighted by atomic mass is 35.5. The number of nitrogens with one attached hydrogen (secondary N) is 2. The molecule has 0 spiro atoms. The zero-order valence-electron chi connectivity index (χ0n) is 16.8. The number of carbonyl (C=O) groups excluding carboxylic acids is 2. The third-order valence-electron chi connectivity index (χ3n) is 4.96. The van der Waals surface area contributed by atoms with Gasteiger partial charge in [0.2, 0.25) is 5.91 Å². The maximum atomic E-state index is 12.9. The average Bonchev–Trinajstić information content (AvgIpc) is 2.68. The molecule has 166 valence electrons. The standard InChI is InChI=1S/C20H21ClF3N5O2/c1-11-3-4-15(28-19(31)13-5-6-25-17(7-13)27-12(2)30)10-29(11)18-16(21)8-14(9-26-18)20(22,23)24/h5-9,11,15H,3-4,10H2,1-2H3,(H,28,31)(H,25,27,30). The van der Waals surface area contributed by atoms with Crippen molar-refractivity contribution in [2.45, 2.75) is 44.9 Å². The van der Waals surface area contributed by atoms with Gasteiger partial charge in [-0.15, -0.1) is 0 Å². The molecule has 0 aromatic carbocycles. The Hall–Kier alpha value is -2.88. The lowest BCUT2D eigenvalue weighted by Gasteiger charge is -2.39. The van der Waals surface area contributed by atoms with Gasteiger partial charge < -0.3 is 15.5 Å². The Morgan fingerprint density at radius 3 is 2.61 bits per heavy atom. The summed E-state index contributed by atoms with van der Waals surface area (Å²) < 4.78 is 38.7. The van der Waals surface area contributed by atoms with Gasteiger partial charge in [-0.05, 0) is 38.0 Å². The minimum Gasteiger partial charge on any atom is -0.351 e. The van der Waals surface area contributed by atoms with Crippen LogP contribution in [0.1, 0.15) is 42.6 Å². The molecule has 2 amide bonds. The van der Waals surface area contributed by atoms with Gasteiger partial charge in [-0.3, -0.25) is 9.59 Å². The molecule has 11 heteroatoms. The van der Waals surface area contributed by atoms with Gasteiger partial charge >= 0.3 is 6.18 Å². The van der Waals surface area contributed by atoms with Gasteiger partial charge in [-0.25, -0.2) is 9.97 Å². The van der Waals surface area contributed by atoms with Crippen molar-refractivity contribution in [2.24, 2.45) is 0 Å². The molecule has 0 bridgehead atoms. The van der Waals surface area contributed by atoms with Crippen LogP contribution in [0, 0.1) is 0 Å². The van der Waals surface area contributed by atoms with Crippen molar-refractivity contribution in [3.8, 4) is 0 Å². The van der Waals surface area contributed by atoms with E-state index >= 15 is 0 Å². The highest BCUT2D eigenvalue weighted by Gasteiger charge is 2.34. The summed E-state index contributed by atoms with van der Waals surface area (Å²) in [6.45, 7) is 3.61. The summed E-state index contributed by atoms with van der Waals surface area (Å²) in [4.78, 5) is 33.6. The van der Waals surface area contributed by atoms with Crippen LogP contribution in [0.3, 0.4) is 0 Å². The summed E-state index contributed by atoms with van der Waals surface area (Å²) in [6, 6.07) is 3.58.